The molecule has 118 valence electrons. The van der Waals surface area contributed by atoms with Crippen molar-refractivity contribution in [1.82, 2.24) is 4.98 Å². The van der Waals surface area contributed by atoms with Crippen LogP contribution in [0.1, 0.15) is 12.8 Å². The van der Waals surface area contributed by atoms with E-state index in [0.717, 1.165) is 24.2 Å². The third kappa shape index (κ3) is 5.34. The van der Waals surface area contributed by atoms with Gasteiger partial charge in [-0.05, 0) is 17.7 Å². The normalized spacial score (nSPS) is 9.78. The van der Waals surface area contributed by atoms with Gasteiger partial charge in [-0.15, -0.1) is 11.3 Å². The Kier molecular flexibility index (Phi) is 7.57. The third-order valence-corrected chi connectivity index (χ3v) is 4.32. The van der Waals surface area contributed by atoms with Crippen LogP contribution in [0.3, 0.4) is 0 Å². The molecule has 0 saturated heterocycles. The average Bonchev–Trinajstić information content (AvgIpc) is 3.12. The van der Waals surface area contributed by atoms with Crippen molar-refractivity contribution >= 4 is 30.3 Å². The predicted molar refractivity (Wildman–Crippen MR) is 102 cm³/mol. The molecule has 23 heavy (non-hydrogen) atoms. The molecule has 0 saturated carbocycles. The maximum absolute atomic E-state index is 9.53. The van der Waals surface area contributed by atoms with Gasteiger partial charge in [-0.3, -0.25) is 0 Å². The smallest absolute Gasteiger partial charge is 0.120 e. The highest BCUT2D eigenvalue weighted by Crippen LogP contribution is 2.34. The van der Waals surface area contributed by atoms with E-state index in [9.17, 15) is 4.79 Å². The van der Waals surface area contributed by atoms with Crippen LogP contribution in [0.5, 0.6) is 0 Å². The summed E-state index contributed by atoms with van der Waals surface area (Å²) in [5.74, 6) is 0.818. The molecule has 0 spiro atoms. The van der Waals surface area contributed by atoms with Crippen LogP contribution < -0.4 is 0 Å². The van der Waals surface area contributed by atoms with E-state index in [1.807, 2.05) is 29.8 Å². The van der Waals surface area contributed by atoms with Gasteiger partial charge in [0.05, 0.1) is 16.1 Å². The van der Waals surface area contributed by atoms with Crippen molar-refractivity contribution < 1.29 is 4.79 Å². The van der Waals surface area contributed by atoms with Crippen LogP contribution in [0.15, 0.2) is 66.2 Å². The van der Waals surface area contributed by atoms with Crippen molar-refractivity contribution in [2.24, 2.45) is 0 Å². The first kappa shape index (κ1) is 17.4. The summed E-state index contributed by atoms with van der Waals surface area (Å²) in [6.45, 7) is 0. The lowest BCUT2D eigenvalue weighted by molar-refractivity contribution is -0.107. The highest BCUT2D eigenvalue weighted by Gasteiger charge is 2.09. The van der Waals surface area contributed by atoms with Crippen LogP contribution in [0, 0.1) is 0 Å². The van der Waals surface area contributed by atoms with Crippen LogP contribution >= 0.6 is 24.0 Å². The number of carbonyl (C=O) groups is 1. The van der Waals surface area contributed by atoms with Gasteiger partial charge >= 0.3 is 0 Å². The number of nitrogens with zero attached hydrogens (tertiary/aromatic N) is 1. The van der Waals surface area contributed by atoms with E-state index >= 15 is 0 Å². The molecule has 0 radical (unpaired) electrons. The first-order valence-corrected chi connectivity index (χ1v) is 8.97. The van der Waals surface area contributed by atoms with E-state index in [-0.39, 0.29) is 0 Å². The summed E-state index contributed by atoms with van der Waals surface area (Å²) in [6, 6.07) is 20.7. The minimum Gasteiger partial charge on any atom is -0.303 e. The van der Waals surface area contributed by atoms with Crippen molar-refractivity contribution in [3.8, 4) is 21.7 Å². The zero-order valence-corrected chi connectivity index (χ0v) is 14.5. The van der Waals surface area contributed by atoms with Gasteiger partial charge in [0, 0.05) is 12.0 Å². The van der Waals surface area contributed by atoms with Crippen LogP contribution in [-0.4, -0.2) is 17.0 Å². The number of aromatic nitrogens is 1. The largest absolute Gasteiger partial charge is 0.303 e. The monoisotopic (exact) mass is 341 g/mol. The molecule has 2 aromatic carbocycles. The summed E-state index contributed by atoms with van der Waals surface area (Å²) in [5.41, 5.74) is 5.38. The second kappa shape index (κ2) is 9.98. The van der Waals surface area contributed by atoms with Gasteiger partial charge in [0.15, 0.2) is 0 Å². The molecule has 1 aromatic heterocycles. The molecule has 3 aromatic rings. The maximum atomic E-state index is 9.53. The molecular formula is C19H19NOS2. The summed E-state index contributed by atoms with van der Waals surface area (Å²) in [6.07, 6.45) is 2.48. The van der Waals surface area contributed by atoms with E-state index in [4.69, 9.17) is 0 Å². The molecule has 0 amide bonds. The molecule has 0 aliphatic carbocycles. The van der Waals surface area contributed by atoms with E-state index in [1.165, 1.54) is 16.0 Å². The molecule has 0 fully saturated rings. The third-order valence-electron chi connectivity index (χ3n) is 3.13. The number of rotatable bonds is 5. The van der Waals surface area contributed by atoms with Crippen LogP contribution in [0.25, 0.3) is 21.7 Å². The fourth-order valence-corrected chi connectivity index (χ4v) is 3.02. The van der Waals surface area contributed by atoms with Crippen molar-refractivity contribution in [3.63, 3.8) is 0 Å². The molecule has 0 aliphatic rings. The van der Waals surface area contributed by atoms with E-state index in [1.54, 1.807) is 11.3 Å². The van der Waals surface area contributed by atoms with Crippen LogP contribution in [0.4, 0.5) is 0 Å². The van der Waals surface area contributed by atoms with Gasteiger partial charge in [-0.1, -0.05) is 60.7 Å². The minimum absolute atomic E-state index is 0.656. The second-order valence-electron chi connectivity index (χ2n) is 4.79. The lowest BCUT2D eigenvalue weighted by Crippen LogP contribution is -1.80. The van der Waals surface area contributed by atoms with Gasteiger partial charge in [0.1, 0.15) is 6.29 Å². The summed E-state index contributed by atoms with van der Waals surface area (Å²) < 4.78 is 0. The molecule has 1 heterocycles. The second-order valence-corrected chi connectivity index (χ2v) is 6.10. The Morgan fingerprint density at radius 2 is 1.57 bits per heavy atom. The van der Waals surface area contributed by atoms with Crippen molar-refractivity contribution in [2.45, 2.75) is 12.8 Å². The molecule has 0 N–H and O–H groups in total. The fourth-order valence-electron chi connectivity index (χ4n) is 2.02. The Labute approximate surface area is 146 Å². The number of aldehydes is 1. The Bertz CT molecular complexity index is 642. The summed E-state index contributed by atoms with van der Waals surface area (Å²) in [5, 5.41) is 0. The molecule has 0 bridgehead atoms. The Hall–Kier alpha value is -1.91. The van der Waals surface area contributed by atoms with Gasteiger partial charge in [0.2, 0.25) is 0 Å². The van der Waals surface area contributed by atoms with Crippen LogP contribution in [-0.2, 0) is 4.79 Å². The summed E-state index contributed by atoms with van der Waals surface area (Å²) >= 11 is 5.58. The Morgan fingerprint density at radius 3 is 2.09 bits per heavy atom. The van der Waals surface area contributed by atoms with Gasteiger partial charge in [-0.2, -0.15) is 12.6 Å². The van der Waals surface area contributed by atoms with Gasteiger partial charge in [0.25, 0.3) is 0 Å². The van der Waals surface area contributed by atoms with Gasteiger partial charge in [-0.25, -0.2) is 4.98 Å². The molecule has 0 unspecified atom stereocenters. The average molecular weight is 342 g/mol. The van der Waals surface area contributed by atoms with Crippen molar-refractivity contribution in [2.75, 3.05) is 5.75 Å². The van der Waals surface area contributed by atoms with E-state index in [2.05, 4.69) is 54.0 Å². The number of hydrogen-bond donors (Lipinski definition) is 1. The quantitative estimate of drug-likeness (QED) is 0.384. The molecular weight excluding hydrogens is 322 g/mol. The maximum Gasteiger partial charge on any atom is 0.120 e. The topological polar surface area (TPSA) is 30.0 Å². The lowest BCUT2D eigenvalue weighted by Gasteiger charge is -2.02. The molecule has 3 rings (SSSR count). The first-order valence-electron chi connectivity index (χ1n) is 7.45. The predicted octanol–water partition coefficient (Wildman–Crippen LogP) is 5.37. The van der Waals surface area contributed by atoms with Gasteiger partial charge < -0.3 is 4.79 Å². The summed E-state index contributed by atoms with van der Waals surface area (Å²) in [4.78, 5) is 15.2. The fraction of sp³-hybridized carbons (Fsp3) is 0.158. The Morgan fingerprint density at radius 1 is 0.957 bits per heavy atom. The number of carbonyl (C=O) groups excluding carboxylic acids is 1. The zero-order valence-electron chi connectivity index (χ0n) is 12.8. The number of unbranched alkanes of at least 4 members (excludes halogenated alkanes) is 1. The van der Waals surface area contributed by atoms with E-state index in [0.29, 0.717) is 6.42 Å². The van der Waals surface area contributed by atoms with Crippen molar-refractivity contribution in [3.05, 3.63) is 66.2 Å². The standard InChI is InChI=1S/C15H11NS.C4H8OS/c1-3-7-12(8-4-1)14-15(17-11-16-14)13-9-5-2-6-10-13;5-3-1-2-4-6/h1-11H;3,6H,1-2,4H2. The number of thiol groups is 1. The van der Waals surface area contributed by atoms with E-state index < -0.39 is 0 Å². The summed E-state index contributed by atoms with van der Waals surface area (Å²) in [7, 11) is 0. The molecule has 4 heteroatoms. The highest BCUT2D eigenvalue weighted by molar-refractivity contribution is 7.80. The number of benzene rings is 2. The molecule has 0 aliphatic heterocycles. The number of thiazole rings is 1. The number of hydrogen-bond acceptors (Lipinski definition) is 4. The molecule has 2 nitrogen and oxygen atoms in total. The molecule has 0 atom stereocenters. The lowest BCUT2D eigenvalue weighted by atomic mass is 10.1. The van der Waals surface area contributed by atoms with Crippen LogP contribution in [0.2, 0.25) is 0 Å². The zero-order chi connectivity index (χ0) is 16.3. The SMILES string of the molecule is O=CCCCS.c1ccc(-c2ncsc2-c2ccccc2)cc1. The van der Waals surface area contributed by atoms with Crippen molar-refractivity contribution in [1.29, 1.82) is 0 Å². The Balaban J connectivity index is 0.000000277. The highest BCUT2D eigenvalue weighted by atomic mass is 32.1. The first-order chi connectivity index (χ1) is 11.4. The minimum atomic E-state index is 0.656.